The summed E-state index contributed by atoms with van der Waals surface area (Å²) in [6.07, 6.45) is -1.25. The molecule has 2 heterocycles. The van der Waals surface area contributed by atoms with Gasteiger partial charge in [-0.15, -0.1) is 0 Å². The molecule has 1 aromatic heterocycles. The highest BCUT2D eigenvalue weighted by molar-refractivity contribution is 5.95. The number of carbonyl (C=O) groups excluding carboxylic acids is 1. The number of likely N-dealkylation sites (tertiary alicyclic amines) is 1. The van der Waals surface area contributed by atoms with Crippen LogP contribution in [0.3, 0.4) is 0 Å². The van der Waals surface area contributed by atoms with Gasteiger partial charge >= 0.3 is 6.18 Å². The average molecular weight is 422 g/mol. The second-order valence-electron chi connectivity index (χ2n) is 8.38. The molecule has 1 aliphatic heterocycles. The summed E-state index contributed by atoms with van der Waals surface area (Å²) in [6, 6.07) is 7.24. The third-order valence-corrected chi connectivity index (χ3v) is 5.49. The monoisotopic (exact) mass is 422 g/mol. The van der Waals surface area contributed by atoms with Crippen LogP contribution in [-0.4, -0.2) is 33.7 Å². The van der Waals surface area contributed by atoms with Crippen LogP contribution in [0.2, 0.25) is 0 Å². The van der Waals surface area contributed by atoms with Crippen molar-refractivity contribution in [2.24, 2.45) is 5.92 Å². The van der Waals surface area contributed by atoms with Crippen molar-refractivity contribution in [3.63, 3.8) is 0 Å². The Balaban J connectivity index is 1.73. The number of nitrogens with zero attached hydrogens (tertiary/aromatic N) is 3. The van der Waals surface area contributed by atoms with Gasteiger partial charge in [-0.1, -0.05) is 31.2 Å². The highest BCUT2D eigenvalue weighted by Crippen LogP contribution is 2.33. The van der Waals surface area contributed by atoms with E-state index in [-0.39, 0.29) is 6.54 Å². The Morgan fingerprint density at radius 1 is 1.27 bits per heavy atom. The quantitative estimate of drug-likeness (QED) is 0.738. The fraction of sp³-hybridized carbons (Fsp3) is 0.545. The van der Waals surface area contributed by atoms with Gasteiger partial charge in [-0.3, -0.25) is 14.4 Å². The number of rotatable bonds is 6. The number of nitrogens with one attached hydrogen (secondary N) is 1. The molecule has 5 nitrogen and oxygen atoms in total. The van der Waals surface area contributed by atoms with Crippen LogP contribution in [0.1, 0.15) is 66.8 Å². The van der Waals surface area contributed by atoms with Crippen molar-refractivity contribution in [1.29, 1.82) is 0 Å². The first-order chi connectivity index (χ1) is 14.2. The largest absolute Gasteiger partial charge is 0.433 e. The van der Waals surface area contributed by atoms with Gasteiger partial charge in [0, 0.05) is 25.7 Å². The molecular weight excluding hydrogens is 393 g/mol. The number of hydrogen-bond donors (Lipinski definition) is 1. The van der Waals surface area contributed by atoms with E-state index < -0.39 is 29.4 Å². The number of hydrogen-bond acceptors (Lipinski definition) is 3. The van der Waals surface area contributed by atoms with Crippen molar-refractivity contribution in [2.75, 3.05) is 13.1 Å². The summed E-state index contributed by atoms with van der Waals surface area (Å²) in [4.78, 5) is 15.0. The predicted molar refractivity (Wildman–Crippen MR) is 109 cm³/mol. The predicted octanol–water partition coefficient (Wildman–Crippen LogP) is 4.64. The maximum Gasteiger partial charge on any atom is 0.433 e. The van der Waals surface area contributed by atoms with Gasteiger partial charge in [0.25, 0.3) is 5.91 Å². The van der Waals surface area contributed by atoms with Crippen LogP contribution in [0.5, 0.6) is 0 Å². The second-order valence-corrected chi connectivity index (χ2v) is 8.38. The molecule has 0 aliphatic carbocycles. The SMILES string of the molecule is CC1CCCN(Cc2ccccc2CNC(=O)c2cnn(C(C)C)c2C(F)(F)F)C1. The van der Waals surface area contributed by atoms with E-state index in [1.807, 2.05) is 24.3 Å². The van der Waals surface area contributed by atoms with Gasteiger partial charge in [-0.05, 0) is 50.3 Å². The third kappa shape index (κ3) is 5.22. The Kier molecular flexibility index (Phi) is 6.85. The van der Waals surface area contributed by atoms with Crippen molar-refractivity contribution in [2.45, 2.75) is 58.9 Å². The Morgan fingerprint density at radius 2 is 1.97 bits per heavy atom. The topological polar surface area (TPSA) is 50.2 Å². The van der Waals surface area contributed by atoms with Crippen LogP contribution in [0, 0.1) is 5.92 Å². The summed E-state index contributed by atoms with van der Waals surface area (Å²) in [7, 11) is 0. The summed E-state index contributed by atoms with van der Waals surface area (Å²) < 4.78 is 41.5. The maximum absolute atomic E-state index is 13.5. The second kappa shape index (κ2) is 9.20. The van der Waals surface area contributed by atoms with Gasteiger partial charge in [0.2, 0.25) is 0 Å². The van der Waals surface area contributed by atoms with E-state index in [0.717, 1.165) is 41.6 Å². The van der Waals surface area contributed by atoms with Crippen LogP contribution >= 0.6 is 0 Å². The lowest BCUT2D eigenvalue weighted by Gasteiger charge is -2.31. The molecule has 1 aliphatic rings. The highest BCUT2D eigenvalue weighted by atomic mass is 19.4. The molecule has 164 valence electrons. The normalized spacial score (nSPS) is 18.0. The number of alkyl halides is 3. The molecule has 0 spiro atoms. The number of piperidine rings is 1. The molecule has 3 rings (SSSR count). The molecule has 1 saturated heterocycles. The van der Waals surface area contributed by atoms with Gasteiger partial charge in [-0.2, -0.15) is 18.3 Å². The van der Waals surface area contributed by atoms with E-state index in [4.69, 9.17) is 0 Å². The molecule has 0 saturated carbocycles. The van der Waals surface area contributed by atoms with E-state index in [9.17, 15) is 18.0 Å². The summed E-state index contributed by atoms with van der Waals surface area (Å²) in [6.45, 7) is 8.45. The third-order valence-electron chi connectivity index (χ3n) is 5.49. The first-order valence-electron chi connectivity index (χ1n) is 10.4. The van der Waals surface area contributed by atoms with Crippen molar-refractivity contribution < 1.29 is 18.0 Å². The van der Waals surface area contributed by atoms with E-state index in [1.165, 1.54) is 12.8 Å². The lowest BCUT2D eigenvalue weighted by Crippen LogP contribution is -2.34. The van der Waals surface area contributed by atoms with Gasteiger partial charge < -0.3 is 5.32 Å². The molecule has 0 radical (unpaired) electrons. The summed E-state index contributed by atoms with van der Waals surface area (Å²) in [5, 5.41) is 6.44. The van der Waals surface area contributed by atoms with Crippen LogP contribution in [0.25, 0.3) is 0 Å². The van der Waals surface area contributed by atoms with Crippen LogP contribution in [-0.2, 0) is 19.3 Å². The number of carbonyl (C=O) groups is 1. The molecular formula is C22H29F3N4O. The maximum atomic E-state index is 13.5. The first kappa shape index (κ1) is 22.3. The fourth-order valence-corrected chi connectivity index (χ4v) is 4.03. The number of halogens is 3. The fourth-order valence-electron chi connectivity index (χ4n) is 4.03. The number of aromatic nitrogens is 2. The summed E-state index contributed by atoms with van der Waals surface area (Å²) in [5.41, 5.74) is 0.541. The summed E-state index contributed by atoms with van der Waals surface area (Å²) in [5.74, 6) is -0.112. The summed E-state index contributed by atoms with van der Waals surface area (Å²) >= 11 is 0. The smallest absolute Gasteiger partial charge is 0.348 e. The van der Waals surface area contributed by atoms with Gasteiger partial charge in [0.05, 0.1) is 11.8 Å². The Morgan fingerprint density at radius 3 is 2.60 bits per heavy atom. The lowest BCUT2D eigenvalue weighted by molar-refractivity contribution is -0.145. The van der Waals surface area contributed by atoms with Crippen LogP contribution < -0.4 is 5.32 Å². The number of amides is 1. The minimum absolute atomic E-state index is 0.169. The van der Waals surface area contributed by atoms with Crippen molar-refractivity contribution in [1.82, 2.24) is 20.0 Å². The zero-order valence-corrected chi connectivity index (χ0v) is 17.7. The van der Waals surface area contributed by atoms with E-state index in [2.05, 4.69) is 22.2 Å². The lowest BCUT2D eigenvalue weighted by atomic mass is 9.99. The molecule has 1 N–H and O–H groups in total. The van der Waals surface area contributed by atoms with Gasteiger partial charge in [0.1, 0.15) is 0 Å². The van der Waals surface area contributed by atoms with Crippen LogP contribution in [0.4, 0.5) is 13.2 Å². The minimum Gasteiger partial charge on any atom is -0.348 e. The molecule has 0 bridgehead atoms. The van der Waals surface area contributed by atoms with E-state index in [1.54, 1.807) is 13.8 Å². The molecule has 1 amide bonds. The van der Waals surface area contributed by atoms with Gasteiger partial charge in [-0.25, -0.2) is 0 Å². The van der Waals surface area contributed by atoms with Gasteiger partial charge in [0.15, 0.2) is 5.69 Å². The Hall–Kier alpha value is -2.35. The zero-order valence-electron chi connectivity index (χ0n) is 17.7. The molecule has 8 heteroatoms. The van der Waals surface area contributed by atoms with E-state index in [0.29, 0.717) is 5.92 Å². The van der Waals surface area contributed by atoms with Crippen LogP contribution in [0.15, 0.2) is 30.5 Å². The number of benzene rings is 1. The molecule has 1 unspecified atom stereocenters. The Labute approximate surface area is 175 Å². The molecule has 1 fully saturated rings. The van der Waals surface area contributed by atoms with Crippen molar-refractivity contribution in [3.8, 4) is 0 Å². The first-order valence-corrected chi connectivity index (χ1v) is 10.4. The minimum atomic E-state index is -4.66. The van der Waals surface area contributed by atoms with Crippen molar-refractivity contribution in [3.05, 3.63) is 52.8 Å². The van der Waals surface area contributed by atoms with Crippen molar-refractivity contribution >= 4 is 5.91 Å². The zero-order chi connectivity index (χ0) is 21.9. The Bertz CT molecular complexity index is 876. The van der Waals surface area contributed by atoms with E-state index >= 15 is 0 Å². The standard InChI is InChI=1S/C22H29F3N4O/c1-15(2)29-20(22(23,24)25)19(12-27-29)21(30)26-11-17-8-4-5-9-18(17)14-28-10-6-7-16(3)13-28/h4-5,8-9,12,15-16H,6-7,10-11,13-14H2,1-3H3,(H,26,30). The molecule has 2 aromatic rings. The molecule has 30 heavy (non-hydrogen) atoms. The molecule has 1 atom stereocenters. The highest BCUT2D eigenvalue weighted by Gasteiger charge is 2.40. The average Bonchev–Trinajstić information content (AvgIpc) is 3.13. The molecule has 1 aromatic carbocycles.